The highest BCUT2D eigenvalue weighted by atomic mass is 16.1. The van der Waals surface area contributed by atoms with Gasteiger partial charge in [-0.1, -0.05) is 68.5 Å². The summed E-state index contributed by atoms with van der Waals surface area (Å²) >= 11 is 0. The lowest BCUT2D eigenvalue weighted by Gasteiger charge is -2.21. The van der Waals surface area contributed by atoms with Crippen LogP contribution in [0.25, 0.3) is 17.2 Å². The van der Waals surface area contributed by atoms with Crippen LogP contribution in [0.15, 0.2) is 54.1 Å². The van der Waals surface area contributed by atoms with E-state index in [9.17, 15) is 4.79 Å². The van der Waals surface area contributed by atoms with Gasteiger partial charge in [-0.25, -0.2) is 0 Å². The molecule has 22 heavy (non-hydrogen) atoms. The second-order valence-electron chi connectivity index (χ2n) is 6.16. The minimum atomic E-state index is -0.0266. The van der Waals surface area contributed by atoms with Crippen molar-refractivity contribution in [2.75, 3.05) is 0 Å². The molecule has 0 fully saturated rings. The highest BCUT2D eigenvalue weighted by molar-refractivity contribution is 5.83. The van der Waals surface area contributed by atoms with Gasteiger partial charge in [-0.2, -0.15) is 0 Å². The van der Waals surface area contributed by atoms with Gasteiger partial charge >= 0.3 is 0 Å². The van der Waals surface area contributed by atoms with Crippen LogP contribution in [0.1, 0.15) is 37.9 Å². The van der Waals surface area contributed by atoms with Gasteiger partial charge in [-0.3, -0.25) is 4.79 Å². The predicted molar refractivity (Wildman–Crippen MR) is 91.3 cm³/mol. The van der Waals surface area contributed by atoms with E-state index in [2.05, 4.69) is 48.6 Å². The number of fused-ring (bicyclic) bond motifs is 1. The van der Waals surface area contributed by atoms with Crippen LogP contribution in [-0.2, 0) is 4.79 Å². The summed E-state index contributed by atoms with van der Waals surface area (Å²) in [6, 6.07) is 16.7. The molecule has 0 aliphatic heterocycles. The molecule has 2 aromatic carbocycles. The van der Waals surface area contributed by atoms with E-state index in [4.69, 9.17) is 0 Å². The highest BCUT2D eigenvalue weighted by Crippen LogP contribution is 2.40. The lowest BCUT2D eigenvalue weighted by Crippen LogP contribution is -2.31. The van der Waals surface area contributed by atoms with Crippen LogP contribution in [0, 0.1) is 5.92 Å². The molecule has 2 aromatic rings. The van der Waals surface area contributed by atoms with Crippen molar-refractivity contribution in [1.82, 2.24) is 5.32 Å². The highest BCUT2D eigenvalue weighted by Gasteiger charge is 2.27. The summed E-state index contributed by atoms with van der Waals surface area (Å²) in [7, 11) is 0. The second-order valence-corrected chi connectivity index (χ2v) is 6.16. The summed E-state index contributed by atoms with van der Waals surface area (Å²) in [6.07, 6.45) is 2.17. The van der Waals surface area contributed by atoms with Gasteiger partial charge in [0.15, 0.2) is 0 Å². The zero-order valence-corrected chi connectivity index (χ0v) is 13.3. The zero-order valence-electron chi connectivity index (χ0n) is 13.3. The third-order valence-electron chi connectivity index (χ3n) is 4.16. The van der Waals surface area contributed by atoms with Crippen molar-refractivity contribution in [3.8, 4) is 11.1 Å². The SMILES string of the molecule is CC1=Cc2cccc(-c3ccccc3)c2C1NC(=O)C(C)C. The standard InChI is InChI=1S/C20H21NO/c1-13(2)20(22)21-19-14(3)12-16-10-7-11-17(18(16)19)15-8-5-4-6-9-15/h4-13,19H,1-3H3,(H,21,22). The van der Waals surface area contributed by atoms with Crippen molar-refractivity contribution in [1.29, 1.82) is 0 Å². The Morgan fingerprint density at radius 1 is 1.05 bits per heavy atom. The molecule has 0 saturated heterocycles. The van der Waals surface area contributed by atoms with Gasteiger partial charge in [0.05, 0.1) is 6.04 Å². The number of rotatable bonds is 3. The molecule has 1 aliphatic carbocycles. The van der Waals surface area contributed by atoms with Crippen molar-refractivity contribution >= 4 is 12.0 Å². The van der Waals surface area contributed by atoms with E-state index < -0.39 is 0 Å². The molecule has 0 saturated carbocycles. The van der Waals surface area contributed by atoms with Gasteiger partial charge in [-0.05, 0) is 34.8 Å². The monoisotopic (exact) mass is 291 g/mol. The Labute approximate surface area is 131 Å². The molecular weight excluding hydrogens is 270 g/mol. The Balaban J connectivity index is 2.06. The second kappa shape index (κ2) is 5.80. The van der Waals surface area contributed by atoms with E-state index in [0.29, 0.717) is 0 Å². The normalized spacial score (nSPS) is 16.4. The predicted octanol–water partition coefficient (Wildman–Crippen LogP) is 4.58. The number of amides is 1. The van der Waals surface area contributed by atoms with Gasteiger partial charge in [0.2, 0.25) is 5.91 Å². The molecule has 0 heterocycles. The topological polar surface area (TPSA) is 29.1 Å². The summed E-state index contributed by atoms with van der Waals surface area (Å²) in [4.78, 5) is 12.2. The number of hydrogen-bond donors (Lipinski definition) is 1. The molecule has 0 aromatic heterocycles. The first kappa shape index (κ1) is 14.6. The van der Waals surface area contributed by atoms with Crippen LogP contribution in [0.3, 0.4) is 0 Å². The molecule has 0 spiro atoms. The fourth-order valence-corrected chi connectivity index (χ4v) is 2.95. The van der Waals surface area contributed by atoms with Gasteiger partial charge in [0, 0.05) is 5.92 Å². The number of hydrogen-bond acceptors (Lipinski definition) is 1. The first-order valence-electron chi connectivity index (χ1n) is 7.75. The molecular formula is C20H21NO. The maximum atomic E-state index is 12.2. The number of carbonyl (C=O) groups is 1. The van der Waals surface area contributed by atoms with Crippen molar-refractivity contribution in [3.05, 3.63) is 65.2 Å². The molecule has 112 valence electrons. The molecule has 2 heteroatoms. The van der Waals surface area contributed by atoms with E-state index in [1.165, 1.54) is 27.8 Å². The van der Waals surface area contributed by atoms with Crippen molar-refractivity contribution in [3.63, 3.8) is 0 Å². The molecule has 1 aliphatic rings. The minimum absolute atomic E-state index is 0.0132. The van der Waals surface area contributed by atoms with Crippen molar-refractivity contribution in [2.24, 2.45) is 5.92 Å². The van der Waals surface area contributed by atoms with E-state index in [1.54, 1.807) is 0 Å². The summed E-state index contributed by atoms with van der Waals surface area (Å²) in [5, 5.41) is 3.19. The quantitative estimate of drug-likeness (QED) is 0.881. The summed E-state index contributed by atoms with van der Waals surface area (Å²) in [5.74, 6) is 0.0780. The Bertz CT molecular complexity index is 729. The molecule has 1 unspecified atom stereocenters. The Hall–Kier alpha value is -2.35. The van der Waals surface area contributed by atoms with Crippen LogP contribution in [0.5, 0.6) is 0 Å². The molecule has 2 nitrogen and oxygen atoms in total. The molecule has 1 amide bonds. The minimum Gasteiger partial charge on any atom is -0.345 e. The Morgan fingerprint density at radius 3 is 2.45 bits per heavy atom. The van der Waals surface area contributed by atoms with Crippen LogP contribution >= 0.6 is 0 Å². The van der Waals surface area contributed by atoms with E-state index >= 15 is 0 Å². The zero-order chi connectivity index (χ0) is 15.7. The average Bonchev–Trinajstić information content (AvgIpc) is 2.84. The third-order valence-corrected chi connectivity index (χ3v) is 4.16. The largest absolute Gasteiger partial charge is 0.345 e. The molecule has 0 bridgehead atoms. The first-order valence-corrected chi connectivity index (χ1v) is 7.75. The molecule has 3 rings (SSSR count). The van der Waals surface area contributed by atoms with Crippen LogP contribution in [0.2, 0.25) is 0 Å². The van der Waals surface area contributed by atoms with Gasteiger partial charge < -0.3 is 5.32 Å². The fourth-order valence-electron chi connectivity index (χ4n) is 2.95. The maximum Gasteiger partial charge on any atom is 0.223 e. The molecule has 0 radical (unpaired) electrons. The smallest absolute Gasteiger partial charge is 0.223 e. The lowest BCUT2D eigenvalue weighted by atomic mass is 9.93. The van der Waals surface area contributed by atoms with Gasteiger partial charge in [0.1, 0.15) is 0 Å². The Kier molecular flexibility index (Phi) is 3.84. The number of carbonyl (C=O) groups excluding carboxylic acids is 1. The Morgan fingerprint density at radius 2 is 1.77 bits per heavy atom. The van der Waals surface area contributed by atoms with Crippen molar-refractivity contribution < 1.29 is 4.79 Å². The molecule has 1 N–H and O–H groups in total. The van der Waals surface area contributed by atoms with E-state index in [1.807, 2.05) is 32.0 Å². The maximum absolute atomic E-state index is 12.2. The van der Waals surface area contributed by atoms with Crippen LogP contribution in [0.4, 0.5) is 0 Å². The third kappa shape index (κ3) is 2.57. The fraction of sp³-hybridized carbons (Fsp3) is 0.250. The van der Waals surface area contributed by atoms with Crippen molar-refractivity contribution in [2.45, 2.75) is 26.8 Å². The summed E-state index contributed by atoms with van der Waals surface area (Å²) in [5.41, 5.74) is 5.98. The van der Waals surface area contributed by atoms with E-state index in [0.717, 1.165) is 0 Å². The summed E-state index contributed by atoms with van der Waals surface area (Å²) in [6.45, 7) is 5.93. The van der Waals surface area contributed by atoms with E-state index in [-0.39, 0.29) is 17.9 Å². The number of benzene rings is 2. The van der Waals surface area contributed by atoms with Crippen LogP contribution < -0.4 is 5.32 Å². The summed E-state index contributed by atoms with van der Waals surface area (Å²) < 4.78 is 0. The van der Waals surface area contributed by atoms with Gasteiger partial charge in [-0.15, -0.1) is 0 Å². The molecule has 1 atom stereocenters. The van der Waals surface area contributed by atoms with Gasteiger partial charge in [0.25, 0.3) is 0 Å². The first-order chi connectivity index (χ1) is 10.6. The average molecular weight is 291 g/mol. The number of nitrogens with one attached hydrogen (secondary N) is 1. The van der Waals surface area contributed by atoms with Crippen LogP contribution in [-0.4, -0.2) is 5.91 Å². The lowest BCUT2D eigenvalue weighted by molar-refractivity contribution is -0.124.